The van der Waals surface area contributed by atoms with Crippen LogP contribution in [0.15, 0.2) is 0 Å². The van der Waals surface area contributed by atoms with Crippen molar-refractivity contribution in [3.8, 4) is 12.1 Å². The first-order chi connectivity index (χ1) is 3.91. The van der Waals surface area contributed by atoms with E-state index < -0.39 is 0 Å². The molecule has 0 aromatic rings. The van der Waals surface area contributed by atoms with Gasteiger partial charge in [0.05, 0.1) is 12.1 Å². The minimum Gasteiger partial charge on any atom is -0.320 e. The second-order valence-electron chi connectivity index (χ2n) is 0.816. The van der Waals surface area contributed by atoms with E-state index in [0.717, 1.165) is 0 Å². The monoisotopic (exact) mass is 113 g/mol. The molecule has 0 radical (unpaired) electrons. The lowest BCUT2D eigenvalue weighted by molar-refractivity contribution is 0.311. The third-order valence-corrected chi connectivity index (χ3v) is 0.349. The van der Waals surface area contributed by atoms with Gasteiger partial charge in [-0.1, -0.05) is 0 Å². The molecule has 0 spiro atoms. The SMILES string of the molecule is N#CCCC#N.NO. The summed E-state index contributed by atoms with van der Waals surface area (Å²) in [5, 5.41) is 22.1. The maximum atomic E-state index is 7.80. The van der Waals surface area contributed by atoms with Crippen molar-refractivity contribution in [3.63, 3.8) is 0 Å². The molecule has 44 valence electrons. The molecule has 0 aromatic heterocycles. The van der Waals surface area contributed by atoms with Crippen LogP contribution in [0.3, 0.4) is 0 Å². The summed E-state index contributed by atoms with van der Waals surface area (Å²) >= 11 is 0. The normalized spacial score (nSPS) is 5.00. The van der Waals surface area contributed by atoms with Crippen LogP contribution in [-0.2, 0) is 0 Å². The van der Waals surface area contributed by atoms with Crippen LogP contribution >= 0.6 is 0 Å². The van der Waals surface area contributed by atoms with Gasteiger partial charge in [0.25, 0.3) is 0 Å². The zero-order valence-electron chi connectivity index (χ0n) is 4.33. The first kappa shape index (κ1) is 10.0. The first-order valence-corrected chi connectivity index (χ1v) is 1.91. The maximum Gasteiger partial charge on any atom is 0.0632 e. The molecule has 0 heterocycles. The van der Waals surface area contributed by atoms with E-state index in [1.54, 1.807) is 0 Å². The summed E-state index contributed by atoms with van der Waals surface area (Å²) in [4.78, 5) is 0. The van der Waals surface area contributed by atoms with E-state index in [1.807, 2.05) is 12.1 Å². The molecule has 0 aliphatic rings. The van der Waals surface area contributed by atoms with Gasteiger partial charge in [-0.3, -0.25) is 0 Å². The fourth-order valence-electron chi connectivity index (χ4n) is 0.112. The Morgan fingerprint density at radius 2 is 1.38 bits per heavy atom. The summed E-state index contributed by atoms with van der Waals surface area (Å²) in [6, 6.07) is 3.69. The molecule has 0 bridgehead atoms. The highest BCUT2D eigenvalue weighted by atomic mass is 16.4. The maximum absolute atomic E-state index is 7.80. The lowest BCUT2D eigenvalue weighted by atomic mass is 10.4. The Kier molecular flexibility index (Phi) is 21.1. The lowest BCUT2D eigenvalue weighted by Crippen LogP contribution is -1.72. The van der Waals surface area contributed by atoms with E-state index >= 15 is 0 Å². The number of nitrogens with two attached hydrogens (primary N) is 1. The van der Waals surface area contributed by atoms with Crippen LogP contribution in [0.25, 0.3) is 0 Å². The van der Waals surface area contributed by atoms with Crippen LogP contribution in [0.1, 0.15) is 12.8 Å². The Balaban J connectivity index is 0. The van der Waals surface area contributed by atoms with Crippen molar-refractivity contribution >= 4 is 0 Å². The molecule has 0 unspecified atom stereocenters. The molecule has 3 N–H and O–H groups in total. The second kappa shape index (κ2) is 16.8. The summed E-state index contributed by atoms with van der Waals surface area (Å²) in [6.07, 6.45) is 0.715. The Labute approximate surface area is 47.7 Å². The molecule has 4 heteroatoms. The van der Waals surface area contributed by atoms with Crippen LogP contribution in [0.4, 0.5) is 0 Å². The number of nitrogens with zero attached hydrogens (tertiary/aromatic N) is 2. The van der Waals surface area contributed by atoms with Crippen molar-refractivity contribution in [2.24, 2.45) is 5.90 Å². The standard InChI is InChI=1S/C4H4N2.H3NO/c5-3-1-2-4-6;1-2/h1-2H2;2H,1H2. The molecule has 0 saturated carbocycles. The Hall–Kier alpha value is -1.10. The Morgan fingerprint density at radius 1 is 1.12 bits per heavy atom. The molecule has 4 nitrogen and oxygen atoms in total. The van der Waals surface area contributed by atoms with Gasteiger partial charge < -0.3 is 5.21 Å². The van der Waals surface area contributed by atoms with E-state index in [1.165, 1.54) is 0 Å². The van der Waals surface area contributed by atoms with Crippen LogP contribution in [0.2, 0.25) is 0 Å². The molecule has 8 heavy (non-hydrogen) atoms. The van der Waals surface area contributed by atoms with Crippen LogP contribution in [0, 0.1) is 22.7 Å². The third kappa shape index (κ3) is 20.6. The van der Waals surface area contributed by atoms with Gasteiger partial charge in [0.1, 0.15) is 0 Å². The van der Waals surface area contributed by atoms with Gasteiger partial charge in [0, 0.05) is 12.8 Å². The molecule has 0 aliphatic carbocycles. The molecule has 0 saturated heterocycles. The first-order valence-electron chi connectivity index (χ1n) is 1.91. The number of hydrogen-bond acceptors (Lipinski definition) is 4. The highest BCUT2D eigenvalue weighted by molar-refractivity contribution is 4.78. The average Bonchev–Trinajstić information content (AvgIpc) is 1.88. The quantitative estimate of drug-likeness (QED) is 0.373. The number of unbranched alkanes of at least 4 members (excludes halogenated alkanes) is 1. The molecular formula is C4H7N3O. The zero-order chi connectivity index (χ0) is 6.83. The topological polar surface area (TPSA) is 93.8 Å². The number of hydrogen-bond donors (Lipinski definition) is 2. The van der Waals surface area contributed by atoms with Gasteiger partial charge in [-0.05, 0) is 0 Å². The van der Waals surface area contributed by atoms with Crippen molar-refractivity contribution in [3.05, 3.63) is 0 Å². The fraction of sp³-hybridized carbons (Fsp3) is 0.500. The summed E-state index contributed by atoms with van der Waals surface area (Å²) in [6.45, 7) is 0. The van der Waals surface area contributed by atoms with Gasteiger partial charge >= 0.3 is 0 Å². The van der Waals surface area contributed by atoms with E-state index in [0.29, 0.717) is 12.8 Å². The van der Waals surface area contributed by atoms with Gasteiger partial charge in [0.15, 0.2) is 0 Å². The summed E-state index contributed by atoms with van der Waals surface area (Å²) < 4.78 is 0. The fourth-order valence-corrected chi connectivity index (χ4v) is 0.112. The number of nitriles is 2. The minimum absolute atomic E-state index is 0.358. The minimum atomic E-state index is 0.358. The smallest absolute Gasteiger partial charge is 0.0632 e. The molecule has 0 aromatic carbocycles. The van der Waals surface area contributed by atoms with Crippen LogP contribution in [-0.4, -0.2) is 5.21 Å². The second-order valence-corrected chi connectivity index (χ2v) is 0.816. The van der Waals surface area contributed by atoms with Crippen molar-refractivity contribution in [1.82, 2.24) is 0 Å². The van der Waals surface area contributed by atoms with Gasteiger partial charge in [0.2, 0.25) is 0 Å². The highest BCUT2D eigenvalue weighted by Crippen LogP contribution is 1.78. The van der Waals surface area contributed by atoms with Crippen LogP contribution in [0.5, 0.6) is 0 Å². The van der Waals surface area contributed by atoms with E-state index in [2.05, 4.69) is 5.90 Å². The molecule has 0 amide bonds. The van der Waals surface area contributed by atoms with Gasteiger partial charge in [-0.25, -0.2) is 5.90 Å². The molecule has 0 fully saturated rings. The largest absolute Gasteiger partial charge is 0.320 e. The Bertz CT molecular complexity index is 84.8. The predicted octanol–water partition coefficient (Wildman–Crippen LogP) is 0.148. The summed E-state index contributed by atoms with van der Waals surface area (Å²) in [5.41, 5.74) is 0. The van der Waals surface area contributed by atoms with E-state index in [9.17, 15) is 0 Å². The highest BCUT2D eigenvalue weighted by Gasteiger charge is 1.72. The average molecular weight is 113 g/mol. The van der Waals surface area contributed by atoms with Crippen molar-refractivity contribution in [2.75, 3.05) is 0 Å². The Morgan fingerprint density at radius 3 is 1.50 bits per heavy atom. The zero-order valence-corrected chi connectivity index (χ0v) is 4.33. The van der Waals surface area contributed by atoms with Crippen LogP contribution < -0.4 is 5.90 Å². The number of rotatable bonds is 1. The van der Waals surface area contributed by atoms with Crippen molar-refractivity contribution in [1.29, 1.82) is 10.5 Å². The third-order valence-electron chi connectivity index (χ3n) is 0.349. The molecule has 0 rings (SSSR count). The summed E-state index contributed by atoms with van der Waals surface area (Å²) in [7, 11) is 0. The summed E-state index contributed by atoms with van der Waals surface area (Å²) in [5.74, 6) is 3.50. The van der Waals surface area contributed by atoms with Crippen molar-refractivity contribution in [2.45, 2.75) is 12.8 Å². The van der Waals surface area contributed by atoms with E-state index in [-0.39, 0.29) is 0 Å². The van der Waals surface area contributed by atoms with Gasteiger partial charge in [-0.2, -0.15) is 10.5 Å². The molecular weight excluding hydrogens is 106 g/mol. The van der Waals surface area contributed by atoms with Crippen molar-refractivity contribution < 1.29 is 5.21 Å². The van der Waals surface area contributed by atoms with Gasteiger partial charge in [-0.15, -0.1) is 0 Å². The molecule has 0 aliphatic heterocycles. The molecule has 0 atom stereocenters. The van der Waals surface area contributed by atoms with E-state index in [4.69, 9.17) is 15.7 Å². The lowest BCUT2D eigenvalue weighted by Gasteiger charge is -1.63. The predicted molar refractivity (Wildman–Crippen MR) is 26.4 cm³/mol.